The molecule has 0 bridgehead atoms. The monoisotopic (exact) mass is 384 g/mol. The fourth-order valence-electron chi connectivity index (χ4n) is 3.11. The molecule has 2 aliphatic rings. The van der Waals surface area contributed by atoms with Crippen LogP contribution in [0.5, 0.6) is 0 Å². The van der Waals surface area contributed by atoms with Crippen LogP contribution in [-0.2, 0) is 33.2 Å². The van der Waals surface area contributed by atoms with Crippen LogP contribution in [0.25, 0.3) is 0 Å². The third-order valence-corrected chi connectivity index (χ3v) is 4.74. The summed E-state index contributed by atoms with van der Waals surface area (Å²) < 4.78 is 51.1. The van der Waals surface area contributed by atoms with Crippen LogP contribution in [0, 0.1) is 11.5 Å². The number of rotatable bonds is 5. The average molecular weight is 384 g/mol. The van der Waals surface area contributed by atoms with Crippen molar-refractivity contribution in [3.05, 3.63) is 35.9 Å². The number of benzene rings is 1. The molecule has 9 nitrogen and oxygen atoms in total. The maximum atomic E-state index is 11.6. The second-order valence-electron chi connectivity index (χ2n) is 6.00. The number of nitrogens with zero attached hydrogens (tertiary/aromatic N) is 1. The fourth-order valence-corrected chi connectivity index (χ4v) is 3.72. The van der Waals surface area contributed by atoms with Crippen LogP contribution in [0.4, 0.5) is 0 Å². The Morgan fingerprint density at radius 2 is 2.00 bits per heavy atom. The molecule has 0 spiro atoms. The van der Waals surface area contributed by atoms with E-state index < -0.39 is 47.1 Å². The summed E-state index contributed by atoms with van der Waals surface area (Å²) >= 11 is 0. The van der Waals surface area contributed by atoms with Crippen molar-refractivity contribution in [2.24, 2.45) is 0 Å². The molecule has 0 aliphatic carbocycles. The van der Waals surface area contributed by atoms with Crippen LogP contribution in [0.1, 0.15) is 11.9 Å². The molecule has 10 heteroatoms. The van der Waals surface area contributed by atoms with Crippen molar-refractivity contribution < 1.29 is 31.5 Å². The van der Waals surface area contributed by atoms with Crippen molar-refractivity contribution in [2.75, 3.05) is 20.0 Å². The van der Waals surface area contributed by atoms with E-state index in [1.54, 1.807) is 0 Å². The Kier molecular flexibility index (Phi) is 5.76. The minimum Gasteiger partial charge on any atom is -0.353 e. The number of ether oxygens (including phenoxy) is 4. The van der Waals surface area contributed by atoms with Gasteiger partial charge in [-0.3, -0.25) is 4.18 Å². The first-order valence-corrected chi connectivity index (χ1v) is 9.77. The number of nitrogens with one attached hydrogen (secondary N) is 1. The minimum atomic E-state index is -3.82. The fraction of sp³-hybridized carbons (Fsp3) is 0.562. The first-order valence-electron chi connectivity index (χ1n) is 7.96. The van der Waals surface area contributed by atoms with Crippen molar-refractivity contribution in [3.63, 3.8) is 0 Å². The number of hydrogen-bond donors (Lipinski definition) is 1. The van der Waals surface area contributed by atoms with Crippen LogP contribution >= 0.6 is 0 Å². The van der Waals surface area contributed by atoms with Crippen molar-refractivity contribution >= 4 is 10.1 Å². The second kappa shape index (κ2) is 7.87. The molecule has 2 aliphatic heterocycles. The van der Waals surface area contributed by atoms with E-state index in [4.69, 9.17) is 28.4 Å². The van der Waals surface area contributed by atoms with Gasteiger partial charge < -0.3 is 24.3 Å². The molecule has 3 rings (SSSR count). The molecule has 0 amide bonds. The number of nitriles is 1. The van der Waals surface area contributed by atoms with Gasteiger partial charge in [-0.15, -0.1) is 0 Å². The molecule has 2 saturated heterocycles. The normalized spacial score (nSPS) is 34.5. The molecule has 1 aromatic carbocycles. The second-order valence-corrected chi connectivity index (χ2v) is 7.60. The first-order chi connectivity index (χ1) is 12.4. The number of hydrogen-bond acceptors (Lipinski definition) is 9. The van der Waals surface area contributed by atoms with E-state index in [2.05, 4.69) is 5.32 Å². The molecule has 142 valence electrons. The van der Waals surface area contributed by atoms with Gasteiger partial charge in [-0.25, -0.2) is 0 Å². The predicted octanol–water partition coefficient (Wildman–Crippen LogP) is 0.256. The van der Waals surface area contributed by atoms with E-state index in [1.165, 1.54) is 7.11 Å². The molecule has 0 radical (unpaired) electrons. The summed E-state index contributed by atoms with van der Waals surface area (Å²) in [4.78, 5) is 0. The SMILES string of the molecule is CO[C@@H]1O[C@H]2CO[C@H](c3ccccc3)O[C@@H]2[C@@H](NC#N)[C@H]1OS(C)(=O)=O. The van der Waals surface area contributed by atoms with E-state index in [0.717, 1.165) is 11.8 Å². The molecule has 2 fully saturated rings. The Balaban J connectivity index is 1.87. The highest BCUT2D eigenvalue weighted by Crippen LogP contribution is 2.35. The number of fused-ring (bicyclic) bond motifs is 1. The van der Waals surface area contributed by atoms with E-state index >= 15 is 0 Å². The molecule has 0 aromatic heterocycles. The van der Waals surface area contributed by atoms with E-state index in [1.807, 2.05) is 36.5 Å². The van der Waals surface area contributed by atoms with Gasteiger partial charge in [0.25, 0.3) is 10.1 Å². The maximum Gasteiger partial charge on any atom is 0.264 e. The highest BCUT2D eigenvalue weighted by molar-refractivity contribution is 7.86. The quantitative estimate of drug-likeness (QED) is 0.433. The van der Waals surface area contributed by atoms with E-state index in [0.29, 0.717) is 0 Å². The Morgan fingerprint density at radius 1 is 1.27 bits per heavy atom. The summed E-state index contributed by atoms with van der Waals surface area (Å²) in [6.45, 7) is 0.194. The van der Waals surface area contributed by atoms with E-state index in [9.17, 15) is 8.42 Å². The molecule has 6 atom stereocenters. The Labute approximate surface area is 151 Å². The standard InChI is InChI=1S/C16H20N2O7S/c1-21-16-14(25-26(2,19)20)12(18-9-17)13-11(23-16)8-22-15(24-13)10-6-4-3-5-7-10/h3-7,11-16,18H,8H2,1-2H3/t11-,12+,13-,14+,15-,16+/m0/s1. The van der Waals surface area contributed by atoms with Crippen LogP contribution < -0.4 is 5.32 Å². The van der Waals surface area contributed by atoms with Crippen molar-refractivity contribution in [2.45, 2.75) is 36.9 Å². The van der Waals surface area contributed by atoms with Gasteiger partial charge >= 0.3 is 0 Å². The summed E-state index contributed by atoms with van der Waals surface area (Å²) in [5.74, 6) is 0. The van der Waals surface area contributed by atoms with Crippen molar-refractivity contribution in [3.8, 4) is 6.19 Å². The maximum absolute atomic E-state index is 11.6. The Morgan fingerprint density at radius 3 is 2.62 bits per heavy atom. The molecule has 0 unspecified atom stereocenters. The molecule has 26 heavy (non-hydrogen) atoms. The van der Waals surface area contributed by atoms with Crippen LogP contribution in [0.15, 0.2) is 30.3 Å². The number of methoxy groups -OCH3 is 1. The molecule has 0 saturated carbocycles. The average Bonchev–Trinajstić information content (AvgIpc) is 2.62. The summed E-state index contributed by atoms with van der Waals surface area (Å²) in [5.41, 5.74) is 0.802. The van der Waals surface area contributed by atoms with Crippen LogP contribution in [0.2, 0.25) is 0 Å². The lowest BCUT2D eigenvalue weighted by atomic mass is 9.95. The lowest BCUT2D eigenvalue weighted by Crippen LogP contribution is -2.66. The highest BCUT2D eigenvalue weighted by Gasteiger charge is 2.52. The summed E-state index contributed by atoms with van der Waals surface area (Å²) in [6.07, 6.45) is -1.23. The summed E-state index contributed by atoms with van der Waals surface area (Å²) in [5, 5.41) is 11.7. The largest absolute Gasteiger partial charge is 0.353 e. The first kappa shape index (κ1) is 19.0. The van der Waals surface area contributed by atoms with Gasteiger partial charge in [0.1, 0.15) is 12.2 Å². The smallest absolute Gasteiger partial charge is 0.264 e. The zero-order chi connectivity index (χ0) is 18.7. The van der Waals surface area contributed by atoms with Gasteiger partial charge in [-0.2, -0.15) is 13.7 Å². The van der Waals surface area contributed by atoms with Gasteiger partial charge in [0.05, 0.1) is 18.9 Å². The van der Waals surface area contributed by atoms with E-state index in [-0.39, 0.29) is 6.61 Å². The topological polar surface area (TPSA) is 116 Å². The minimum absolute atomic E-state index is 0.194. The van der Waals surface area contributed by atoms with Gasteiger partial charge in [0.15, 0.2) is 24.9 Å². The molecular formula is C16H20N2O7S. The van der Waals surface area contributed by atoms with Gasteiger partial charge in [-0.05, 0) is 0 Å². The van der Waals surface area contributed by atoms with Gasteiger partial charge in [0, 0.05) is 12.7 Å². The lowest BCUT2D eigenvalue weighted by molar-refractivity contribution is -0.336. The molecule has 2 heterocycles. The van der Waals surface area contributed by atoms with Crippen molar-refractivity contribution in [1.82, 2.24) is 5.32 Å². The lowest BCUT2D eigenvalue weighted by Gasteiger charge is -2.48. The summed E-state index contributed by atoms with van der Waals surface area (Å²) in [7, 11) is -2.45. The van der Waals surface area contributed by atoms with Crippen LogP contribution in [0.3, 0.4) is 0 Å². The Bertz CT molecular complexity index is 752. The third kappa shape index (κ3) is 4.15. The van der Waals surface area contributed by atoms with Gasteiger partial charge in [-0.1, -0.05) is 30.3 Å². The predicted molar refractivity (Wildman–Crippen MR) is 87.9 cm³/mol. The zero-order valence-corrected chi connectivity index (χ0v) is 15.1. The zero-order valence-electron chi connectivity index (χ0n) is 14.3. The van der Waals surface area contributed by atoms with Crippen molar-refractivity contribution in [1.29, 1.82) is 5.26 Å². The Hall–Kier alpha value is -1.74. The highest BCUT2D eigenvalue weighted by atomic mass is 32.2. The molecule has 1 aromatic rings. The summed E-state index contributed by atoms with van der Waals surface area (Å²) in [6, 6.07) is 8.49. The van der Waals surface area contributed by atoms with Crippen LogP contribution in [-0.4, -0.2) is 59.0 Å². The molecular weight excluding hydrogens is 364 g/mol. The third-order valence-electron chi connectivity index (χ3n) is 4.17. The molecule has 1 N–H and O–H groups in total. The van der Waals surface area contributed by atoms with Gasteiger partial charge in [0.2, 0.25) is 0 Å².